The Bertz CT molecular complexity index is 789. The summed E-state index contributed by atoms with van der Waals surface area (Å²) in [5.74, 6) is 1.03. The summed E-state index contributed by atoms with van der Waals surface area (Å²) < 4.78 is 5.77. The van der Waals surface area contributed by atoms with Crippen molar-refractivity contribution in [3.05, 3.63) is 53.3 Å². The Hall–Kier alpha value is -2.33. The van der Waals surface area contributed by atoms with Gasteiger partial charge in [0.2, 0.25) is 5.88 Å². The third-order valence-electron chi connectivity index (χ3n) is 3.01. The van der Waals surface area contributed by atoms with E-state index in [9.17, 15) is 0 Å². The van der Waals surface area contributed by atoms with Gasteiger partial charge in [0, 0.05) is 29.5 Å². The van der Waals surface area contributed by atoms with Gasteiger partial charge in [-0.25, -0.2) is 4.98 Å². The van der Waals surface area contributed by atoms with Gasteiger partial charge in [-0.1, -0.05) is 11.6 Å². The van der Waals surface area contributed by atoms with Crippen LogP contribution in [0.5, 0.6) is 11.6 Å². The standard InChI is InChI=1S/C15H12ClN3O/c1-9-8-19-14(7-12(9)17)20-13-5-4-11(16)10-3-2-6-18-15(10)13/h2-8H,1H3,(H2,17,19). The molecule has 3 aromatic rings. The summed E-state index contributed by atoms with van der Waals surface area (Å²) in [6, 6.07) is 8.97. The lowest BCUT2D eigenvalue weighted by Gasteiger charge is -2.09. The molecule has 4 nitrogen and oxygen atoms in total. The van der Waals surface area contributed by atoms with Crippen molar-refractivity contribution >= 4 is 28.2 Å². The molecule has 20 heavy (non-hydrogen) atoms. The smallest absolute Gasteiger partial charge is 0.221 e. The zero-order valence-electron chi connectivity index (χ0n) is 10.8. The van der Waals surface area contributed by atoms with E-state index in [0.717, 1.165) is 10.9 Å². The molecule has 2 N–H and O–H groups in total. The Morgan fingerprint density at radius 2 is 2.05 bits per heavy atom. The lowest BCUT2D eigenvalue weighted by molar-refractivity contribution is 0.467. The molecule has 5 heteroatoms. The third kappa shape index (κ3) is 2.26. The highest BCUT2D eigenvalue weighted by atomic mass is 35.5. The van der Waals surface area contributed by atoms with Gasteiger partial charge in [0.15, 0.2) is 5.75 Å². The third-order valence-corrected chi connectivity index (χ3v) is 3.34. The summed E-state index contributed by atoms with van der Waals surface area (Å²) in [5.41, 5.74) is 8.10. The fourth-order valence-electron chi connectivity index (χ4n) is 1.88. The number of hydrogen-bond donors (Lipinski definition) is 1. The molecule has 0 spiro atoms. The molecule has 0 saturated carbocycles. The van der Waals surface area contributed by atoms with E-state index in [0.29, 0.717) is 27.9 Å². The van der Waals surface area contributed by atoms with E-state index in [2.05, 4.69) is 9.97 Å². The number of nitrogens with zero attached hydrogens (tertiary/aromatic N) is 2. The quantitative estimate of drug-likeness (QED) is 0.774. The molecular formula is C15H12ClN3O. The van der Waals surface area contributed by atoms with Gasteiger partial charge in [0.05, 0.1) is 5.02 Å². The molecule has 0 amide bonds. The highest BCUT2D eigenvalue weighted by molar-refractivity contribution is 6.35. The van der Waals surface area contributed by atoms with Crippen LogP contribution in [-0.4, -0.2) is 9.97 Å². The maximum atomic E-state index is 6.15. The Kier molecular flexibility index (Phi) is 3.16. The normalized spacial score (nSPS) is 10.7. The Morgan fingerprint density at radius 3 is 2.85 bits per heavy atom. The Balaban J connectivity index is 2.06. The van der Waals surface area contributed by atoms with E-state index >= 15 is 0 Å². The first-order chi connectivity index (χ1) is 9.65. The van der Waals surface area contributed by atoms with Crippen LogP contribution in [-0.2, 0) is 0 Å². The van der Waals surface area contributed by atoms with Gasteiger partial charge in [-0.15, -0.1) is 0 Å². The maximum Gasteiger partial charge on any atom is 0.221 e. The molecule has 3 rings (SSSR count). The fraction of sp³-hybridized carbons (Fsp3) is 0.0667. The zero-order chi connectivity index (χ0) is 14.1. The summed E-state index contributed by atoms with van der Waals surface area (Å²) >= 11 is 6.15. The number of aromatic nitrogens is 2. The first-order valence-electron chi connectivity index (χ1n) is 6.08. The van der Waals surface area contributed by atoms with Gasteiger partial charge in [-0.3, -0.25) is 4.98 Å². The van der Waals surface area contributed by atoms with Gasteiger partial charge >= 0.3 is 0 Å². The topological polar surface area (TPSA) is 61.0 Å². The number of anilines is 1. The highest BCUT2D eigenvalue weighted by Crippen LogP contribution is 2.32. The molecule has 0 fully saturated rings. The van der Waals surface area contributed by atoms with Crippen molar-refractivity contribution in [2.24, 2.45) is 0 Å². The van der Waals surface area contributed by atoms with Crippen molar-refractivity contribution in [1.82, 2.24) is 9.97 Å². The zero-order valence-corrected chi connectivity index (χ0v) is 11.6. The number of nitrogens with two attached hydrogens (primary N) is 1. The number of pyridine rings is 2. The van der Waals surface area contributed by atoms with E-state index in [4.69, 9.17) is 22.1 Å². The molecule has 0 saturated heterocycles. The molecular weight excluding hydrogens is 274 g/mol. The first kappa shape index (κ1) is 12.7. The van der Waals surface area contributed by atoms with Gasteiger partial charge in [-0.05, 0) is 36.8 Å². The van der Waals surface area contributed by atoms with Crippen LogP contribution < -0.4 is 10.5 Å². The molecule has 0 atom stereocenters. The van der Waals surface area contributed by atoms with E-state index in [-0.39, 0.29) is 0 Å². The monoisotopic (exact) mass is 285 g/mol. The van der Waals surface area contributed by atoms with Crippen molar-refractivity contribution in [2.75, 3.05) is 5.73 Å². The summed E-state index contributed by atoms with van der Waals surface area (Å²) in [5, 5.41) is 1.48. The van der Waals surface area contributed by atoms with Crippen molar-refractivity contribution < 1.29 is 4.74 Å². The van der Waals surface area contributed by atoms with Crippen molar-refractivity contribution in [3.63, 3.8) is 0 Å². The second-order valence-corrected chi connectivity index (χ2v) is 4.83. The minimum absolute atomic E-state index is 0.433. The number of rotatable bonds is 2. The second kappa shape index (κ2) is 4.98. The summed E-state index contributed by atoms with van der Waals surface area (Å²) in [6.45, 7) is 1.89. The molecule has 0 unspecified atom stereocenters. The average molecular weight is 286 g/mol. The molecule has 2 heterocycles. The highest BCUT2D eigenvalue weighted by Gasteiger charge is 2.09. The van der Waals surface area contributed by atoms with Gasteiger partial charge < -0.3 is 10.5 Å². The van der Waals surface area contributed by atoms with Crippen LogP contribution in [0.15, 0.2) is 42.7 Å². The Morgan fingerprint density at radius 1 is 1.20 bits per heavy atom. The number of fused-ring (bicyclic) bond motifs is 1. The van der Waals surface area contributed by atoms with Crippen molar-refractivity contribution in [3.8, 4) is 11.6 Å². The maximum absolute atomic E-state index is 6.15. The molecule has 0 bridgehead atoms. The summed E-state index contributed by atoms with van der Waals surface area (Å²) in [7, 11) is 0. The van der Waals surface area contributed by atoms with Crippen LogP contribution in [0.25, 0.3) is 10.9 Å². The number of hydrogen-bond acceptors (Lipinski definition) is 4. The van der Waals surface area contributed by atoms with Gasteiger partial charge in [-0.2, -0.15) is 0 Å². The predicted octanol–water partition coefficient (Wildman–Crippen LogP) is 3.97. The van der Waals surface area contributed by atoms with Crippen LogP contribution in [0.2, 0.25) is 5.02 Å². The molecule has 1 aromatic carbocycles. The van der Waals surface area contributed by atoms with Crippen LogP contribution in [0.4, 0.5) is 5.69 Å². The van der Waals surface area contributed by atoms with E-state index < -0.39 is 0 Å². The molecule has 0 aliphatic rings. The second-order valence-electron chi connectivity index (χ2n) is 4.43. The average Bonchev–Trinajstić information content (AvgIpc) is 2.46. The van der Waals surface area contributed by atoms with E-state index in [1.165, 1.54) is 0 Å². The lowest BCUT2D eigenvalue weighted by atomic mass is 10.2. The van der Waals surface area contributed by atoms with Gasteiger partial charge in [0.25, 0.3) is 0 Å². The molecule has 0 aliphatic carbocycles. The van der Waals surface area contributed by atoms with Crippen LogP contribution in [0.3, 0.4) is 0 Å². The molecule has 0 radical (unpaired) electrons. The Labute approximate surface area is 121 Å². The molecule has 0 aliphatic heterocycles. The van der Waals surface area contributed by atoms with Crippen LogP contribution >= 0.6 is 11.6 Å². The first-order valence-corrected chi connectivity index (χ1v) is 6.46. The van der Waals surface area contributed by atoms with E-state index in [1.807, 2.05) is 19.1 Å². The lowest BCUT2D eigenvalue weighted by Crippen LogP contribution is -1.95. The predicted molar refractivity (Wildman–Crippen MR) is 80.2 cm³/mol. The van der Waals surface area contributed by atoms with Crippen LogP contribution in [0.1, 0.15) is 5.56 Å². The minimum atomic E-state index is 0.433. The van der Waals surface area contributed by atoms with Crippen molar-refractivity contribution in [1.29, 1.82) is 0 Å². The largest absolute Gasteiger partial charge is 0.437 e. The number of halogens is 1. The fourth-order valence-corrected chi connectivity index (χ4v) is 2.10. The number of nitrogen functional groups attached to an aromatic ring is 1. The number of aryl methyl sites for hydroxylation is 1. The summed E-state index contributed by atoms with van der Waals surface area (Å²) in [6.07, 6.45) is 3.37. The van der Waals surface area contributed by atoms with Gasteiger partial charge in [0.1, 0.15) is 5.52 Å². The SMILES string of the molecule is Cc1cnc(Oc2ccc(Cl)c3cccnc23)cc1N. The number of ether oxygens (including phenoxy) is 1. The minimum Gasteiger partial charge on any atom is -0.437 e. The summed E-state index contributed by atoms with van der Waals surface area (Å²) in [4.78, 5) is 8.51. The number of benzene rings is 1. The van der Waals surface area contributed by atoms with Crippen LogP contribution in [0, 0.1) is 6.92 Å². The molecule has 2 aromatic heterocycles. The molecule has 100 valence electrons. The van der Waals surface area contributed by atoms with Crippen molar-refractivity contribution in [2.45, 2.75) is 6.92 Å². The van der Waals surface area contributed by atoms with E-state index in [1.54, 1.807) is 30.6 Å².